The van der Waals surface area contributed by atoms with Crippen molar-refractivity contribution in [3.63, 3.8) is 0 Å². The van der Waals surface area contributed by atoms with E-state index in [-0.39, 0.29) is 16.7 Å². The van der Waals surface area contributed by atoms with Crippen molar-refractivity contribution in [3.05, 3.63) is 29.6 Å². The quantitative estimate of drug-likeness (QED) is 0.808. The lowest BCUT2D eigenvalue weighted by Gasteiger charge is -2.33. The van der Waals surface area contributed by atoms with Gasteiger partial charge in [0.15, 0.2) is 18.2 Å². The van der Waals surface area contributed by atoms with Gasteiger partial charge in [-0.05, 0) is 43.9 Å². The van der Waals surface area contributed by atoms with Gasteiger partial charge in [0.25, 0.3) is 5.91 Å². The predicted molar refractivity (Wildman–Crippen MR) is 89.5 cm³/mol. The summed E-state index contributed by atoms with van der Waals surface area (Å²) in [6.07, 6.45) is 0.767. The summed E-state index contributed by atoms with van der Waals surface area (Å²) in [7, 11) is 1.33. The highest BCUT2D eigenvalue weighted by atomic mass is 19.1. The van der Waals surface area contributed by atoms with Crippen molar-refractivity contribution in [2.24, 2.45) is 5.41 Å². The van der Waals surface area contributed by atoms with Gasteiger partial charge in [-0.3, -0.25) is 4.79 Å². The topological polar surface area (TPSA) is 64.6 Å². The molecule has 1 aromatic carbocycles. The normalized spacial score (nSPS) is 11.8. The van der Waals surface area contributed by atoms with Gasteiger partial charge in [0.05, 0.1) is 12.7 Å². The van der Waals surface area contributed by atoms with Crippen LogP contribution < -0.4 is 10.1 Å². The summed E-state index contributed by atoms with van der Waals surface area (Å²) in [5.74, 6) is -1.79. The second-order valence-electron chi connectivity index (χ2n) is 7.59. The zero-order valence-electron chi connectivity index (χ0n) is 15.2. The molecule has 24 heavy (non-hydrogen) atoms. The number of carbonyl (C=O) groups excluding carboxylic acids is 2. The van der Waals surface area contributed by atoms with E-state index < -0.39 is 29.8 Å². The van der Waals surface area contributed by atoms with Crippen LogP contribution >= 0.6 is 0 Å². The van der Waals surface area contributed by atoms with Crippen molar-refractivity contribution in [2.45, 2.75) is 46.6 Å². The average Bonchev–Trinajstić information content (AvgIpc) is 2.41. The van der Waals surface area contributed by atoms with Gasteiger partial charge in [-0.15, -0.1) is 0 Å². The van der Waals surface area contributed by atoms with Crippen LogP contribution in [0.25, 0.3) is 0 Å². The number of benzene rings is 1. The molecule has 0 spiro atoms. The predicted octanol–water partition coefficient (Wildman–Crippen LogP) is 3.32. The molecule has 0 unspecified atom stereocenters. The van der Waals surface area contributed by atoms with Gasteiger partial charge in [-0.25, -0.2) is 9.18 Å². The summed E-state index contributed by atoms with van der Waals surface area (Å²) in [5, 5.41) is 2.84. The molecule has 0 aliphatic rings. The molecule has 0 aliphatic carbocycles. The summed E-state index contributed by atoms with van der Waals surface area (Å²) in [5.41, 5.74) is -0.350. The highest BCUT2D eigenvalue weighted by Gasteiger charge is 2.27. The summed E-state index contributed by atoms with van der Waals surface area (Å²) in [6, 6.07) is 3.73. The highest BCUT2D eigenvalue weighted by molar-refractivity contribution is 5.91. The number of hydrogen-bond acceptors (Lipinski definition) is 4. The van der Waals surface area contributed by atoms with E-state index in [2.05, 4.69) is 26.1 Å². The molecule has 1 N–H and O–H groups in total. The van der Waals surface area contributed by atoms with Crippen LogP contribution in [0, 0.1) is 11.2 Å². The number of hydrogen-bond donors (Lipinski definition) is 1. The maximum atomic E-state index is 13.6. The zero-order valence-corrected chi connectivity index (χ0v) is 15.2. The fourth-order valence-corrected chi connectivity index (χ4v) is 2.79. The van der Waals surface area contributed by atoms with E-state index in [0.717, 1.165) is 12.5 Å². The van der Waals surface area contributed by atoms with Crippen molar-refractivity contribution < 1.29 is 23.5 Å². The number of ether oxygens (including phenoxy) is 2. The first-order chi connectivity index (χ1) is 10.9. The summed E-state index contributed by atoms with van der Waals surface area (Å²) in [6.45, 7) is 9.66. The number of carbonyl (C=O) groups is 2. The number of amides is 1. The van der Waals surface area contributed by atoms with Gasteiger partial charge in [0.1, 0.15) is 0 Å². The molecule has 0 bridgehead atoms. The molecule has 0 fully saturated rings. The van der Waals surface area contributed by atoms with E-state index in [1.165, 1.54) is 19.2 Å². The van der Waals surface area contributed by atoms with Gasteiger partial charge in [-0.2, -0.15) is 0 Å². The van der Waals surface area contributed by atoms with E-state index in [9.17, 15) is 14.0 Å². The minimum absolute atomic E-state index is 0.0232. The molecule has 0 radical (unpaired) electrons. The van der Waals surface area contributed by atoms with Crippen LogP contribution in [0.4, 0.5) is 4.39 Å². The second kappa shape index (κ2) is 7.64. The van der Waals surface area contributed by atoms with Crippen molar-refractivity contribution in [1.29, 1.82) is 0 Å². The first-order valence-corrected chi connectivity index (χ1v) is 7.75. The highest BCUT2D eigenvalue weighted by Crippen LogP contribution is 2.26. The lowest BCUT2D eigenvalue weighted by Crippen LogP contribution is -2.47. The molecule has 6 heteroatoms. The Hall–Kier alpha value is -2.11. The molecular weight excluding hydrogens is 313 g/mol. The van der Waals surface area contributed by atoms with E-state index in [0.29, 0.717) is 0 Å². The van der Waals surface area contributed by atoms with E-state index in [4.69, 9.17) is 9.47 Å². The van der Waals surface area contributed by atoms with Gasteiger partial charge in [0, 0.05) is 5.54 Å². The average molecular weight is 339 g/mol. The van der Waals surface area contributed by atoms with Crippen LogP contribution in [0.3, 0.4) is 0 Å². The van der Waals surface area contributed by atoms with Crippen LogP contribution in [-0.4, -0.2) is 31.1 Å². The van der Waals surface area contributed by atoms with E-state index >= 15 is 0 Å². The Morgan fingerprint density at radius 1 is 1.17 bits per heavy atom. The van der Waals surface area contributed by atoms with Crippen LogP contribution in [-0.2, 0) is 9.53 Å². The number of esters is 1. The number of halogens is 1. The Kier molecular flexibility index (Phi) is 6.35. The number of nitrogens with one attached hydrogen (secondary N) is 1. The summed E-state index contributed by atoms with van der Waals surface area (Å²) >= 11 is 0. The molecule has 5 nitrogen and oxygen atoms in total. The Bertz CT molecular complexity index is 606. The third-order valence-corrected chi connectivity index (χ3v) is 3.17. The maximum absolute atomic E-state index is 13.6. The minimum Gasteiger partial charge on any atom is -0.494 e. The minimum atomic E-state index is -0.764. The van der Waals surface area contributed by atoms with Crippen molar-refractivity contribution >= 4 is 11.9 Å². The fourth-order valence-electron chi connectivity index (χ4n) is 2.79. The first-order valence-electron chi connectivity index (χ1n) is 7.75. The monoisotopic (exact) mass is 339 g/mol. The van der Waals surface area contributed by atoms with Crippen molar-refractivity contribution in [3.8, 4) is 5.75 Å². The molecule has 0 saturated heterocycles. The van der Waals surface area contributed by atoms with Crippen molar-refractivity contribution in [2.75, 3.05) is 13.7 Å². The number of methoxy groups -OCH3 is 1. The van der Waals surface area contributed by atoms with Gasteiger partial charge in [0.2, 0.25) is 0 Å². The lowest BCUT2D eigenvalue weighted by atomic mass is 9.82. The molecule has 1 amide bonds. The fraction of sp³-hybridized carbons (Fsp3) is 0.556. The Labute approximate surface area is 142 Å². The molecule has 134 valence electrons. The van der Waals surface area contributed by atoms with Crippen LogP contribution in [0.15, 0.2) is 18.2 Å². The van der Waals surface area contributed by atoms with Gasteiger partial charge < -0.3 is 14.8 Å². The van der Waals surface area contributed by atoms with E-state index in [1.54, 1.807) is 0 Å². The molecule has 1 rings (SSSR count). The maximum Gasteiger partial charge on any atom is 0.338 e. The number of rotatable bonds is 6. The van der Waals surface area contributed by atoms with Crippen molar-refractivity contribution in [1.82, 2.24) is 5.32 Å². The molecule has 0 atom stereocenters. The van der Waals surface area contributed by atoms with Crippen LogP contribution in [0.2, 0.25) is 0 Å². The molecule has 0 saturated carbocycles. The Morgan fingerprint density at radius 2 is 1.79 bits per heavy atom. The molecular formula is C18H26FNO4. The SMILES string of the molecule is COc1ccc(C(=O)OCC(=O)NC(C)(C)CC(C)(C)C)cc1F. The Morgan fingerprint density at radius 3 is 2.29 bits per heavy atom. The van der Waals surface area contributed by atoms with Crippen LogP contribution in [0.1, 0.15) is 51.4 Å². The molecule has 0 aromatic heterocycles. The molecule has 0 aliphatic heterocycles. The zero-order chi connectivity index (χ0) is 18.5. The molecule has 0 heterocycles. The second-order valence-corrected chi connectivity index (χ2v) is 7.59. The summed E-state index contributed by atoms with van der Waals surface area (Å²) in [4.78, 5) is 23.9. The smallest absolute Gasteiger partial charge is 0.338 e. The van der Waals surface area contributed by atoms with E-state index in [1.807, 2.05) is 13.8 Å². The third kappa shape index (κ3) is 6.56. The summed E-state index contributed by atoms with van der Waals surface area (Å²) < 4.78 is 23.3. The van der Waals surface area contributed by atoms with Crippen LogP contribution in [0.5, 0.6) is 5.75 Å². The van der Waals surface area contributed by atoms with Gasteiger partial charge >= 0.3 is 5.97 Å². The molecule has 1 aromatic rings. The third-order valence-electron chi connectivity index (χ3n) is 3.17. The standard InChI is InChI=1S/C18H26FNO4/c1-17(2,3)11-18(4,5)20-15(21)10-24-16(22)12-7-8-14(23-6)13(19)9-12/h7-9H,10-11H2,1-6H3,(H,20,21). The largest absolute Gasteiger partial charge is 0.494 e. The first kappa shape index (κ1) is 19.9. The Balaban J connectivity index is 2.58. The lowest BCUT2D eigenvalue weighted by molar-refractivity contribution is -0.126. The van der Waals surface area contributed by atoms with Gasteiger partial charge in [-0.1, -0.05) is 20.8 Å².